The highest BCUT2D eigenvalue weighted by Gasteiger charge is 2.20. The lowest BCUT2D eigenvalue weighted by Gasteiger charge is -2.08. The molecule has 0 bridgehead atoms. The number of hydrogen-bond acceptors (Lipinski definition) is 7. The molecule has 3 aromatic rings. The largest absolute Gasteiger partial charge is 0.402 e. The molecule has 3 aromatic heterocycles. The molecule has 0 unspecified atom stereocenters. The molecule has 5 N–H and O–H groups in total. The summed E-state index contributed by atoms with van der Waals surface area (Å²) in [5, 5.41) is 12.8. The second-order valence-electron chi connectivity index (χ2n) is 7.01. The number of thiazole rings is 1. The van der Waals surface area contributed by atoms with Crippen LogP contribution < -0.4 is 17.0 Å². The number of aromatic nitrogens is 4. The first kappa shape index (κ1) is 22.7. The molecule has 0 spiro atoms. The van der Waals surface area contributed by atoms with Crippen LogP contribution in [0.1, 0.15) is 25.3 Å². The summed E-state index contributed by atoms with van der Waals surface area (Å²) in [4.78, 5) is 17.6. The van der Waals surface area contributed by atoms with Gasteiger partial charge in [0.25, 0.3) is 5.56 Å². The highest BCUT2D eigenvalue weighted by molar-refractivity contribution is 7.19. The molecule has 3 rings (SSSR count). The quantitative estimate of drug-likeness (QED) is 0.365. The Morgan fingerprint density at radius 2 is 2.16 bits per heavy atom. The van der Waals surface area contributed by atoms with Gasteiger partial charge in [0.1, 0.15) is 16.4 Å². The number of rotatable bonds is 7. The van der Waals surface area contributed by atoms with E-state index in [2.05, 4.69) is 10.1 Å². The Bertz CT molecular complexity index is 1330. The second kappa shape index (κ2) is 9.03. The average molecular weight is 464 g/mol. The Balaban J connectivity index is 2.10. The van der Waals surface area contributed by atoms with E-state index in [1.807, 2.05) is 13.8 Å². The summed E-state index contributed by atoms with van der Waals surface area (Å²) in [7, 11) is 1.75. The van der Waals surface area contributed by atoms with Crippen LogP contribution in [0.25, 0.3) is 21.3 Å². The number of allylic oxidation sites excluding steroid dienone is 5. The Hall–Kier alpha value is -2.98. The van der Waals surface area contributed by atoms with Gasteiger partial charge in [0, 0.05) is 31.3 Å². The molecular weight excluding hydrogens is 441 g/mol. The second-order valence-corrected chi connectivity index (χ2v) is 8.50. The van der Waals surface area contributed by atoms with Crippen LogP contribution >= 0.6 is 22.9 Å². The minimum absolute atomic E-state index is 0.0321. The zero-order valence-electron chi connectivity index (χ0n) is 17.4. The molecule has 164 valence electrons. The Morgan fingerprint density at radius 3 is 2.77 bits per heavy atom. The third-order valence-corrected chi connectivity index (χ3v) is 6.56. The van der Waals surface area contributed by atoms with Crippen molar-refractivity contribution in [1.29, 1.82) is 5.41 Å². The molecular formula is C20H23ClFN7OS. The van der Waals surface area contributed by atoms with Crippen molar-refractivity contribution in [1.82, 2.24) is 19.3 Å². The van der Waals surface area contributed by atoms with E-state index in [1.165, 1.54) is 16.0 Å². The maximum absolute atomic E-state index is 14.3. The van der Waals surface area contributed by atoms with E-state index >= 15 is 0 Å². The van der Waals surface area contributed by atoms with E-state index in [9.17, 15) is 9.18 Å². The Labute approximate surface area is 186 Å². The number of nitrogens with zero attached hydrogens (tertiary/aromatic N) is 4. The third-order valence-electron chi connectivity index (χ3n) is 5.13. The van der Waals surface area contributed by atoms with Gasteiger partial charge in [0.2, 0.25) is 0 Å². The van der Waals surface area contributed by atoms with E-state index in [0.29, 0.717) is 35.0 Å². The van der Waals surface area contributed by atoms with Crippen molar-refractivity contribution in [3.63, 3.8) is 0 Å². The SMILES string of the molecule is CC/C(C)=C(Cc1nc2c(s1)c1cnn(CC(N)=C(Cl)C=N)c(=O)c1n2C)\C(F)=C/N. The first-order valence-electron chi connectivity index (χ1n) is 9.48. The number of hydrogen-bond donors (Lipinski definition) is 3. The topological polar surface area (TPSA) is 129 Å². The van der Waals surface area contributed by atoms with Gasteiger partial charge in [-0.15, -0.1) is 11.3 Å². The van der Waals surface area contributed by atoms with E-state index in [1.54, 1.807) is 17.8 Å². The van der Waals surface area contributed by atoms with Gasteiger partial charge in [-0.25, -0.2) is 14.1 Å². The first-order chi connectivity index (χ1) is 14.7. The summed E-state index contributed by atoms with van der Waals surface area (Å²) >= 11 is 7.25. The number of aryl methyl sites for hydroxylation is 1. The summed E-state index contributed by atoms with van der Waals surface area (Å²) in [5.74, 6) is -0.456. The van der Waals surface area contributed by atoms with E-state index in [-0.39, 0.29) is 22.8 Å². The molecule has 0 radical (unpaired) electrons. The van der Waals surface area contributed by atoms with Gasteiger partial charge in [-0.2, -0.15) is 5.10 Å². The van der Waals surface area contributed by atoms with Crippen LogP contribution in [-0.4, -0.2) is 25.5 Å². The molecule has 0 aliphatic heterocycles. The fourth-order valence-corrected chi connectivity index (χ4v) is 4.43. The Morgan fingerprint density at radius 1 is 1.45 bits per heavy atom. The third kappa shape index (κ3) is 4.13. The minimum atomic E-state index is -0.456. The molecule has 0 fully saturated rings. The lowest BCUT2D eigenvalue weighted by atomic mass is 10.0. The monoisotopic (exact) mass is 463 g/mol. The van der Waals surface area contributed by atoms with Crippen LogP contribution in [-0.2, 0) is 20.0 Å². The summed E-state index contributed by atoms with van der Waals surface area (Å²) in [6, 6.07) is 0. The van der Waals surface area contributed by atoms with Crippen LogP contribution in [0.4, 0.5) is 4.39 Å². The van der Waals surface area contributed by atoms with Crippen LogP contribution in [0, 0.1) is 5.41 Å². The zero-order chi connectivity index (χ0) is 22.9. The Kier molecular flexibility index (Phi) is 6.61. The zero-order valence-corrected chi connectivity index (χ0v) is 18.9. The summed E-state index contributed by atoms with van der Waals surface area (Å²) < 4.78 is 18.0. The molecule has 0 aromatic carbocycles. The molecule has 0 amide bonds. The maximum atomic E-state index is 14.3. The molecule has 0 atom stereocenters. The molecule has 0 saturated heterocycles. The van der Waals surface area contributed by atoms with Gasteiger partial charge >= 0.3 is 0 Å². The van der Waals surface area contributed by atoms with Crippen LogP contribution in [0.2, 0.25) is 0 Å². The molecule has 0 aliphatic rings. The predicted octanol–water partition coefficient (Wildman–Crippen LogP) is 3.44. The van der Waals surface area contributed by atoms with Crippen molar-refractivity contribution in [2.24, 2.45) is 18.5 Å². The highest BCUT2D eigenvalue weighted by atomic mass is 35.5. The van der Waals surface area contributed by atoms with Gasteiger partial charge in [0.15, 0.2) is 5.65 Å². The molecule has 3 heterocycles. The fourth-order valence-electron chi connectivity index (χ4n) is 3.25. The highest BCUT2D eigenvalue weighted by Crippen LogP contribution is 2.33. The van der Waals surface area contributed by atoms with Crippen LogP contribution in [0.15, 0.2) is 44.9 Å². The van der Waals surface area contributed by atoms with Gasteiger partial charge in [-0.05, 0) is 18.9 Å². The van der Waals surface area contributed by atoms with Crippen molar-refractivity contribution < 1.29 is 4.39 Å². The van der Waals surface area contributed by atoms with E-state index < -0.39 is 5.83 Å². The van der Waals surface area contributed by atoms with Gasteiger partial charge in [-0.3, -0.25) is 4.79 Å². The predicted molar refractivity (Wildman–Crippen MR) is 124 cm³/mol. The molecule has 8 nitrogen and oxygen atoms in total. The van der Waals surface area contributed by atoms with E-state index in [4.69, 9.17) is 28.5 Å². The average Bonchev–Trinajstić information content (AvgIpc) is 3.30. The number of nitrogens with one attached hydrogen (secondary N) is 1. The van der Waals surface area contributed by atoms with Gasteiger partial charge < -0.3 is 21.4 Å². The molecule has 0 aliphatic carbocycles. The van der Waals surface area contributed by atoms with Gasteiger partial charge in [-0.1, -0.05) is 24.1 Å². The smallest absolute Gasteiger partial charge is 0.291 e. The summed E-state index contributed by atoms with van der Waals surface area (Å²) in [6.07, 6.45) is 4.48. The number of nitrogens with two attached hydrogens (primary N) is 2. The first-order valence-corrected chi connectivity index (χ1v) is 10.7. The minimum Gasteiger partial charge on any atom is -0.402 e. The summed E-state index contributed by atoms with van der Waals surface area (Å²) in [6.45, 7) is 3.80. The normalized spacial score (nSPS) is 14.2. The lowest BCUT2D eigenvalue weighted by Crippen LogP contribution is -2.26. The molecule has 31 heavy (non-hydrogen) atoms. The number of halogens is 2. The van der Waals surface area contributed by atoms with E-state index in [0.717, 1.165) is 27.7 Å². The van der Waals surface area contributed by atoms with Gasteiger partial charge in [0.05, 0.1) is 28.2 Å². The van der Waals surface area contributed by atoms with Crippen molar-refractivity contribution >= 4 is 50.4 Å². The van der Waals surface area contributed by atoms with Crippen LogP contribution in [0.5, 0.6) is 0 Å². The molecule has 0 saturated carbocycles. The van der Waals surface area contributed by atoms with Crippen molar-refractivity contribution in [3.05, 3.63) is 55.5 Å². The number of fused-ring (bicyclic) bond motifs is 3. The van der Waals surface area contributed by atoms with Crippen molar-refractivity contribution in [3.8, 4) is 0 Å². The lowest BCUT2D eigenvalue weighted by molar-refractivity contribution is 0.632. The fraction of sp³-hybridized carbons (Fsp3) is 0.300. The maximum Gasteiger partial charge on any atom is 0.291 e. The van der Waals surface area contributed by atoms with Crippen LogP contribution in [0.3, 0.4) is 0 Å². The summed E-state index contributed by atoms with van der Waals surface area (Å²) in [5.41, 5.74) is 13.5. The molecule has 11 heteroatoms. The standard InChI is InChI=1S/C20H23ClFN7OS/c1-4-10(2)11(14(22)7-24)5-16-27-19-18(31-16)12-8-26-29(9-15(25)13(21)6-23)20(30)17(12)28(19)3/h6-8,23H,4-5,9,24-25H2,1-3H3/b11-10-,14-7+,15-13?,23-6?. The van der Waals surface area contributed by atoms with Crippen molar-refractivity contribution in [2.75, 3.05) is 0 Å². The van der Waals surface area contributed by atoms with Crippen molar-refractivity contribution in [2.45, 2.75) is 33.2 Å².